The van der Waals surface area contributed by atoms with E-state index in [-0.39, 0.29) is 5.91 Å². The summed E-state index contributed by atoms with van der Waals surface area (Å²) in [6, 6.07) is 18.9. The van der Waals surface area contributed by atoms with E-state index in [1.807, 2.05) is 67.6 Å². The van der Waals surface area contributed by atoms with Gasteiger partial charge in [0.25, 0.3) is 5.91 Å². The van der Waals surface area contributed by atoms with E-state index in [1.54, 1.807) is 6.20 Å². The summed E-state index contributed by atoms with van der Waals surface area (Å²) >= 11 is 0. The second-order valence-corrected chi connectivity index (χ2v) is 6.09. The molecule has 4 aromatic rings. The Morgan fingerprint density at radius 1 is 1.04 bits per heavy atom. The highest BCUT2D eigenvalue weighted by Crippen LogP contribution is 2.23. The third-order valence-corrected chi connectivity index (χ3v) is 4.13. The van der Waals surface area contributed by atoms with Crippen molar-refractivity contribution in [3.8, 4) is 11.5 Å². The van der Waals surface area contributed by atoms with Gasteiger partial charge in [0.2, 0.25) is 5.89 Å². The average Bonchev–Trinajstić information content (AvgIpc) is 3.11. The van der Waals surface area contributed by atoms with Crippen LogP contribution < -0.4 is 5.32 Å². The van der Waals surface area contributed by atoms with Crippen LogP contribution in [0.1, 0.15) is 21.5 Å². The SMILES string of the molecule is Cc1ccc(C(=O)NCc2ccc(-c3nc4ncccc4o3)cc2)cc1. The van der Waals surface area contributed by atoms with Crippen molar-refractivity contribution in [2.24, 2.45) is 0 Å². The molecular formula is C21H17N3O2. The first-order valence-corrected chi connectivity index (χ1v) is 8.35. The maximum absolute atomic E-state index is 12.2. The number of aromatic nitrogens is 2. The molecule has 2 aromatic carbocycles. The first-order chi connectivity index (χ1) is 12.7. The van der Waals surface area contributed by atoms with E-state index in [4.69, 9.17) is 4.42 Å². The van der Waals surface area contributed by atoms with Gasteiger partial charge in [0, 0.05) is 23.9 Å². The number of oxazole rings is 1. The number of fused-ring (bicyclic) bond motifs is 1. The van der Waals surface area contributed by atoms with Gasteiger partial charge >= 0.3 is 0 Å². The molecule has 0 aliphatic rings. The first kappa shape index (κ1) is 16.0. The molecule has 0 saturated carbocycles. The van der Waals surface area contributed by atoms with Crippen molar-refractivity contribution >= 4 is 17.1 Å². The Balaban J connectivity index is 1.44. The smallest absolute Gasteiger partial charge is 0.251 e. The molecule has 0 saturated heterocycles. The Hall–Kier alpha value is -3.47. The van der Waals surface area contributed by atoms with Crippen molar-refractivity contribution in [1.82, 2.24) is 15.3 Å². The molecule has 0 spiro atoms. The lowest BCUT2D eigenvalue weighted by Crippen LogP contribution is -2.22. The molecule has 128 valence electrons. The molecule has 1 N–H and O–H groups in total. The number of hydrogen-bond acceptors (Lipinski definition) is 4. The van der Waals surface area contributed by atoms with Crippen molar-refractivity contribution in [2.75, 3.05) is 0 Å². The van der Waals surface area contributed by atoms with E-state index in [0.29, 0.717) is 29.2 Å². The number of rotatable bonds is 4. The van der Waals surface area contributed by atoms with Gasteiger partial charge in [0.05, 0.1) is 0 Å². The summed E-state index contributed by atoms with van der Waals surface area (Å²) in [6.07, 6.45) is 1.69. The molecule has 0 bridgehead atoms. The monoisotopic (exact) mass is 343 g/mol. The van der Waals surface area contributed by atoms with Crippen LogP contribution in [-0.2, 0) is 6.54 Å². The molecule has 0 aliphatic heterocycles. The molecule has 5 nitrogen and oxygen atoms in total. The third-order valence-electron chi connectivity index (χ3n) is 4.13. The van der Waals surface area contributed by atoms with E-state index in [2.05, 4.69) is 15.3 Å². The molecule has 1 amide bonds. The lowest BCUT2D eigenvalue weighted by molar-refractivity contribution is 0.0951. The quantitative estimate of drug-likeness (QED) is 0.605. The minimum absolute atomic E-state index is 0.0842. The van der Waals surface area contributed by atoms with Crippen LogP contribution in [0.5, 0.6) is 0 Å². The summed E-state index contributed by atoms with van der Waals surface area (Å²) in [5, 5.41) is 2.93. The highest BCUT2D eigenvalue weighted by atomic mass is 16.3. The van der Waals surface area contributed by atoms with E-state index in [1.165, 1.54) is 0 Å². The van der Waals surface area contributed by atoms with Crippen molar-refractivity contribution in [3.63, 3.8) is 0 Å². The molecule has 0 aliphatic carbocycles. The zero-order valence-electron chi connectivity index (χ0n) is 14.3. The van der Waals surface area contributed by atoms with Crippen LogP contribution >= 0.6 is 0 Å². The Kier molecular flexibility index (Phi) is 4.19. The standard InChI is InChI=1S/C21H17N3O2/c1-14-4-8-16(9-5-14)20(25)23-13-15-6-10-17(11-7-15)21-24-19-18(26-21)3-2-12-22-19/h2-12H,13H2,1H3,(H,23,25). The zero-order valence-corrected chi connectivity index (χ0v) is 14.3. The largest absolute Gasteiger partial charge is 0.434 e. The number of benzene rings is 2. The number of carbonyl (C=O) groups excluding carboxylic acids is 1. The van der Waals surface area contributed by atoms with E-state index < -0.39 is 0 Å². The topological polar surface area (TPSA) is 68.0 Å². The predicted molar refractivity (Wildman–Crippen MR) is 99.6 cm³/mol. The number of aryl methyl sites for hydroxylation is 1. The number of hydrogen-bond donors (Lipinski definition) is 1. The minimum atomic E-state index is -0.0842. The highest BCUT2D eigenvalue weighted by molar-refractivity contribution is 5.94. The summed E-state index contributed by atoms with van der Waals surface area (Å²) in [7, 11) is 0. The fourth-order valence-electron chi connectivity index (χ4n) is 2.65. The molecule has 5 heteroatoms. The van der Waals surface area contributed by atoms with E-state index in [0.717, 1.165) is 16.7 Å². The molecule has 0 atom stereocenters. The molecule has 0 radical (unpaired) electrons. The maximum Gasteiger partial charge on any atom is 0.251 e. The van der Waals surface area contributed by atoms with E-state index in [9.17, 15) is 4.79 Å². The minimum Gasteiger partial charge on any atom is -0.434 e. The van der Waals surface area contributed by atoms with Gasteiger partial charge in [-0.1, -0.05) is 29.8 Å². The normalized spacial score (nSPS) is 10.8. The van der Waals surface area contributed by atoms with Crippen LogP contribution in [-0.4, -0.2) is 15.9 Å². The lowest BCUT2D eigenvalue weighted by atomic mass is 10.1. The van der Waals surface area contributed by atoms with Gasteiger partial charge in [0.1, 0.15) is 0 Å². The molecule has 4 rings (SSSR count). The molecule has 0 fully saturated rings. The fourth-order valence-corrected chi connectivity index (χ4v) is 2.65. The van der Waals surface area contributed by atoms with Gasteiger partial charge in [-0.15, -0.1) is 0 Å². The average molecular weight is 343 g/mol. The molecule has 26 heavy (non-hydrogen) atoms. The Labute approximate surface area is 150 Å². The van der Waals surface area contributed by atoms with Gasteiger partial charge in [-0.2, -0.15) is 4.98 Å². The first-order valence-electron chi connectivity index (χ1n) is 8.35. The summed E-state index contributed by atoms with van der Waals surface area (Å²) in [6.45, 7) is 2.46. The van der Waals surface area contributed by atoms with Crippen LogP contribution in [0, 0.1) is 6.92 Å². The van der Waals surface area contributed by atoms with Crippen LogP contribution in [0.15, 0.2) is 71.3 Å². The van der Waals surface area contributed by atoms with Gasteiger partial charge < -0.3 is 9.73 Å². The number of nitrogens with one attached hydrogen (secondary N) is 1. The van der Waals surface area contributed by atoms with Crippen LogP contribution in [0.25, 0.3) is 22.7 Å². The molecule has 2 aromatic heterocycles. The summed E-state index contributed by atoms with van der Waals surface area (Å²) in [4.78, 5) is 20.7. The Morgan fingerprint density at radius 2 is 1.81 bits per heavy atom. The van der Waals surface area contributed by atoms with Crippen LogP contribution in [0.4, 0.5) is 0 Å². The Bertz CT molecular complexity index is 1020. The predicted octanol–water partition coefficient (Wildman–Crippen LogP) is 4.13. The van der Waals surface area contributed by atoms with Crippen molar-refractivity contribution < 1.29 is 9.21 Å². The number of nitrogens with zero attached hydrogens (tertiary/aromatic N) is 2. The second kappa shape index (κ2) is 6.80. The van der Waals surface area contributed by atoms with Crippen molar-refractivity contribution in [2.45, 2.75) is 13.5 Å². The van der Waals surface area contributed by atoms with E-state index >= 15 is 0 Å². The van der Waals surface area contributed by atoms with Crippen molar-refractivity contribution in [1.29, 1.82) is 0 Å². The third kappa shape index (κ3) is 3.32. The molecular weight excluding hydrogens is 326 g/mol. The van der Waals surface area contributed by atoms with Gasteiger partial charge in [-0.3, -0.25) is 4.79 Å². The van der Waals surface area contributed by atoms with Crippen LogP contribution in [0.3, 0.4) is 0 Å². The summed E-state index contributed by atoms with van der Waals surface area (Å²) in [5.41, 5.74) is 4.92. The second-order valence-electron chi connectivity index (χ2n) is 6.09. The zero-order chi connectivity index (χ0) is 17.9. The van der Waals surface area contributed by atoms with Crippen LogP contribution in [0.2, 0.25) is 0 Å². The van der Waals surface area contributed by atoms with Crippen molar-refractivity contribution in [3.05, 3.63) is 83.6 Å². The number of carbonyl (C=O) groups is 1. The molecule has 0 unspecified atom stereocenters. The summed E-state index contributed by atoms with van der Waals surface area (Å²) in [5.74, 6) is 0.452. The summed E-state index contributed by atoms with van der Waals surface area (Å²) < 4.78 is 5.72. The Morgan fingerprint density at radius 3 is 2.54 bits per heavy atom. The number of amides is 1. The molecule has 2 heterocycles. The lowest BCUT2D eigenvalue weighted by Gasteiger charge is -2.06. The van der Waals surface area contributed by atoms with Gasteiger partial charge in [-0.05, 0) is 48.9 Å². The fraction of sp³-hybridized carbons (Fsp3) is 0.0952. The van der Waals surface area contributed by atoms with Gasteiger partial charge in [-0.25, -0.2) is 4.98 Å². The number of pyridine rings is 1. The van der Waals surface area contributed by atoms with Gasteiger partial charge in [0.15, 0.2) is 11.2 Å². The highest BCUT2D eigenvalue weighted by Gasteiger charge is 2.09. The maximum atomic E-state index is 12.2.